The minimum absolute atomic E-state index is 0.174. The first-order chi connectivity index (χ1) is 14.9. The van der Waals surface area contributed by atoms with Crippen LogP contribution < -0.4 is 0 Å². The summed E-state index contributed by atoms with van der Waals surface area (Å²) in [5.41, 5.74) is 7.52. The molecule has 31 heavy (non-hydrogen) atoms. The fraction of sp³-hybridized carbons (Fsp3) is 0.111. The average molecular weight is 422 g/mol. The third-order valence-electron chi connectivity index (χ3n) is 7.12. The second kappa shape index (κ2) is 5.27. The summed E-state index contributed by atoms with van der Waals surface area (Å²) in [5.74, 6) is 0. The van der Waals surface area contributed by atoms with Gasteiger partial charge in [0.2, 0.25) is 9.84 Å². The molecular weight excluding hydrogens is 402 g/mol. The van der Waals surface area contributed by atoms with Crippen molar-refractivity contribution in [1.82, 2.24) is 4.57 Å². The molecule has 0 amide bonds. The van der Waals surface area contributed by atoms with E-state index < -0.39 is 9.84 Å². The lowest BCUT2D eigenvalue weighted by Gasteiger charge is -2.22. The Hall–Kier alpha value is -3.37. The standard InChI is InChI=1S/C27H19NO2S/c1-27(2)19-10-4-3-8-16(19)17-14-15-21-24(25(17)27)18-9-7-13-23-26(18)28(21)20-11-5-6-12-22(20)31(23,29)30/h3-15H,1-2H3. The summed E-state index contributed by atoms with van der Waals surface area (Å²) >= 11 is 0. The molecule has 5 aromatic rings. The maximum absolute atomic E-state index is 13.5. The molecule has 4 aromatic carbocycles. The van der Waals surface area contributed by atoms with Gasteiger partial charge in [-0.2, -0.15) is 0 Å². The van der Waals surface area contributed by atoms with Crippen LogP contribution in [0.1, 0.15) is 25.0 Å². The molecule has 2 aliphatic rings. The molecule has 0 unspecified atom stereocenters. The SMILES string of the molecule is CC1(C)c2ccccc2-c2ccc3c(c21)c1cccc2c1n3-c1ccccc1S2(=O)=O. The van der Waals surface area contributed by atoms with Gasteiger partial charge in [-0.05, 0) is 46.5 Å². The Morgan fingerprint density at radius 1 is 0.742 bits per heavy atom. The van der Waals surface area contributed by atoms with Gasteiger partial charge < -0.3 is 4.57 Å². The summed E-state index contributed by atoms with van der Waals surface area (Å²) in [4.78, 5) is 0.762. The zero-order chi connectivity index (χ0) is 21.1. The van der Waals surface area contributed by atoms with E-state index >= 15 is 0 Å². The summed E-state index contributed by atoms with van der Waals surface area (Å²) in [6.45, 7) is 4.54. The maximum Gasteiger partial charge on any atom is 0.210 e. The molecule has 150 valence electrons. The van der Waals surface area contributed by atoms with Crippen LogP contribution in [0, 0.1) is 0 Å². The first kappa shape index (κ1) is 17.3. The van der Waals surface area contributed by atoms with E-state index in [0.717, 1.165) is 27.5 Å². The van der Waals surface area contributed by atoms with Gasteiger partial charge in [0.25, 0.3) is 0 Å². The van der Waals surface area contributed by atoms with E-state index in [1.807, 2.05) is 18.2 Å². The number of hydrogen-bond donors (Lipinski definition) is 0. The fourth-order valence-electron chi connectivity index (χ4n) is 5.85. The number of rotatable bonds is 0. The molecule has 2 heterocycles. The van der Waals surface area contributed by atoms with Crippen LogP contribution in [0.25, 0.3) is 38.6 Å². The predicted octanol–water partition coefficient (Wildman–Crippen LogP) is 6.24. The Morgan fingerprint density at radius 3 is 2.35 bits per heavy atom. The molecule has 0 bridgehead atoms. The Balaban J connectivity index is 1.77. The van der Waals surface area contributed by atoms with Gasteiger partial charge in [0.15, 0.2) is 0 Å². The maximum atomic E-state index is 13.5. The van der Waals surface area contributed by atoms with Gasteiger partial charge >= 0.3 is 0 Å². The summed E-state index contributed by atoms with van der Waals surface area (Å²) in [6, 6.07) is 26.0. The van der Waals surface area contributed by atoms with Crippen LogP contribution in [0.2, 0.25) is 0 Å². The minimum Gasteiger partial charge on any atom is -0.307 e. The highest BCUT2D eigenvalue weighted by atomic mass is 32.2. The van der Waals surface area contributed by atoms with E-state index in [2.05, 4.69) is 60.9 Å². The van der Waals surface area contributed by atoms with Crippen molar-refractivity contribution in [3.05, 3.63) is 90.0 Å². The van der Waals surface area contributed by atoms with Crippen LogP contribution in [0.4, 0.5) is 0 Å². The van der Waals surface area contributed by atoms with Gasteiger partial charge in [-0.25, -0.2) is 8.42 Å². The summed E-state index contributed by atoms with van der Waals surface area (Å²) < 4.78 is 29.1. The smallest absolute Gasteiger partial charge is 0.210 e. The molecular formula is C27H19NO2S. The second-order valence-electron chi connectivity index (χ2n) is 9.01. The van der Waals surface area contributed by atoms with Crippen molar-refractivity contribution in [2.75, 3.05) is 0 Å². The van der Waals surface area contributed by atoms with Crippen LogP contribution in [-0.4, -0.2) is 13.0 Å². The molecule has 1 aliphatic carbocycles. The molecule has 0 fully saturated rings. The van der Waals surface area contributed by atoms with E-state index in [1.165, 1.54) is 22.3 Å². The minimum atomic E-state index is -3.57. The average Bonchev–Trinajstić information content (AvgIpc) is 3.23. The van der Waals surface area contributed by atoms with Gasteiger partial charge in [-0.1, -0.05) is 68.4 Å². The van der Waals surface area contributed by atoms with E-state index in [-0.39, 0.29) is 5.41 Å². The largest absolute Gasteiger partial charge is 0.307 e. The van der Waals surface area contributed by atoms with Gasteiger partial charge in [-0.3, -0.25) is 0 Å². The summed E-state index contributed by atoms with van der Waals surface area (Å²) in [5, 5.41) is 2.16. The normalized spacial score (nSPS) is 16.8. The van der Waals surface area contributed by atoms with Crippen molar-refractivity contribution < 1.29 is 8.42 Å². The van der Waals surface area contributed by atoms with Gasteiger partial charge in [0, 0.05) is 16.2 Å². The molecule has 7 rings (SSSR count). The highest BCUT2D eigenvalue weighted by Crippen LogP contribution is 2.54. The third-order valence-corrected chi connectivity index (χ3v) is 8.95. The zero-order valence-corrected chi connectivity index (χ0v) is 18.0. The first-order valence-corrected chi connectivity index (χ1v) is 12.0. The second-order valence-corrected chi connectivity index (χ2v) is 10.9. The van der Waals surface area contributed by atoms with Gasteiger partial charge in [-0.15, -0.1) is 0 Å². The van der Waals surface area contributed by atoms with Gasteiger partial charge in [0.1, 0.15) is 0 Å². The van der Waals surface area contributed by atoms with Crippen LogP contribution in [0.5, 0.6) is 0 Å². The highest BCUT2D eigenvalue weighted by Gasteiger charge is 2.40. The number of hydrogen-bond acceptors (Lipinski definition) is 2. The van der Waals surface area contributed by atoms with E-state index in [0.29, 0.717) is 9.79 Å². The topological polar surface area (TPSA) is 39.1 Å². The molecule has 0 spiro atoms. The van der Waals surface area contributed by atoms with Crippen LogP contribution in [0.15, 0.2) is 88.7 Å². The Labute approximate surface area is 180 Å². The molecule has 3 nitrogen and oxygen atoms in total. The lowest BCUT2D eigenvalue weighted by Crippen LogP contribution is -2.15. The zero-order valence-electron chi connectivity index (χ0n) is 17.2. The van der Waals surface area contributed by atoms with E-state index in [4.69, 9.17) is 0 Å². The summed E-state index contributed by atoms with van der Waals surface area (Å²) in [7, 11) is -3.57. The molecule has 0 saturated carbocycles. The summed E-state index contributed by atoms with van der Waals surface area (Å²) in [6.07, 6.45) is 0. The van der Waals surface area contributed by atoms with E-state index in [9.17, 15) is 8.42 Å². The number of benzene rings is 4. The highest BCUT2D eigenvalue weighted by molar-refractivity contribution is 7.92. The van der Waals surface area contributed by atoms with Crippen molar-refractivity contribution in [2.45, 2.75) is 29.1 Å². The van der Waals surface area contributed by atoms with Crippen LogP contribution in [-0.2, 0) is 15.3 Å². The Morgan fingerprint density at radius 2 is 1.48 bits per heavy atom. The Bertz CT molecular complexity index is 1720. The van der Waals surface area contributed by atoms with Crippen LogP contribution in [0.3, 0.4) is 0 Å². The molecule has 1 aromatic heterocycles. The molecule has 0 N–H and O–H groups in total. The number of nitrogens with zero attached hydrogens (tertiary/aromatic N) is 1. The molecule has 4 heteroatoms. The first-order valence-electron chi connectivity index (χ1n) is 10.5. The number of aromatic nitrogens is 1. The molecule has 1 aliphatic heterocycles. The lowest BCUT2D eigenvalue weighted by atomic mass is 9.80. The molecule has 0 saturated heterocycles. The van der Waals surface area contributed by atoms with E-state index in [1.54, 1.807) is 18.2 Å². The number of sulfone groups is 1. The van der Waals surface area contributed by atoms with Crippen molar-refractivity contribution in [3.63, 3.8) is 0 Å². The van der Waals surface area contributed by atoms with Crippen molar-refractivity contribution in [2.24, 2.45) is 0 Å². The quantitative estimate of drug-likeness (QED) is 0.291. The Kier molecular flexibility index (Phi) is 2.94. The predicted molar refractivity (Wildman–Crippen MR) is 124 cm³/mol. The number of para-hydroxylation sites is 2. The lowest BCUT2D eigenvalue weighted by molar-refractivity contribution is 0.595. The van der Waals surface area contributed by atoms with Crippen LogP contribution >= 0.6 is 0 Å². The number of fused-ring (bicyclic) bond motifs is 9. The molecule has 0 radical (unpaired) electrons. The van der Waals surface area contributed by atoms with Gasteiger partial charge in [0.05, 0.1) is 26.5 Å². The molecule has 0 atom stereocenters. The van der Waals surface area contributed by atoms with Crippen molar-refractivity contribution in [3.8, 4) is 16.8 Å². The third kappa shape index (κ3) is 1.84. The van der Waals surface area contributed by atoms with Crippen molar-refractivity contribution >= 4 is 31.6 Å². The monoisotopic (exact) mass is 421 g/mol. The van der Waals surface area contributed by atoms with Crippen molar-refractivity contribution in [1.29, 1.82) is 0 Å². The fourth-order valence-corrected chi connectivity index (χ4v) is 7.49.